The molecule has 1 rings (SSSR count). The molecular formula is C13H18O6S2. The van der Waals surface area contributed by atoms with E-state index in [1.54, 1.807) is 12.1 Å². The third-order valence-electron chi connectivity index (χ3n) is 2.84. The summed E-state index contributed by atoms with van der Waals surface area (Å²) in [6.07, 6.45) is 1.45. The van der Waals surface area contributed by atoms with Crippen molar-refractivity contribution in [1.29, 1.82) is 0 Å². The molecule has 0 aromatic heterocycles. The summed E-state index contributed by atoms with van der Waals surface area (Å²) in [5.41, 5.74) is 0.743. The largest absolute Gasteiger partial charge is 0.481 e. The summed E-state index contributed by atoms with van der Waals surface area (Å²) < 4.78 is 46.0. The van der Waals surface area contributed by atoms with Gasteiger partial charge in [0.2, 0.25) is 0 Å². The van der Waals surface area contributed by atoms with Crippen molar-refractivity contribution < 1.29 is 26.7 Å². The second-order valence-electron chi connectivity index (χ2n) is 4.84. The van der Waals surface area contributed by atoms with Gasteiger partial charge in [-0.25, -0.2) is 16.8 Å². The second-order valence-corrected chi connectivity index (χ2v) is 9.21. The summed E-state index contributed by atoms with van der Waals surface area (Å²) in [6, 6.07) is 6.00. The number of aryl methyl sites for hydroxylation is 1. The summed E-state index contributed by atoms with van der Waals surface area (Å²) in [6.45, 7) is 0. The van der Waals surface area contributed by atoms with Crippen LogP contribution in [0.2, 0.25) is 0 Å². The predicted molar refractivity (Wildman–Crippen MR) is 78.8 cm³/mol. The summed E-state index contributed by atoms with van der Waals surface area (Å²) in [5, 5.41) is 8.58. The Hall–Kier alpha value is -1.41. The first-order valence-corrected chi connectivity index (χ1v) is 10.0. The minimum absolute atomic E-state index is 0.0134. The molecule has 0 saturated heterocycles. The highest BCUT2D eigenvalue weighted by atomic mass is 32.2. The third kappa shape index (κ3) is 6.72. The van der Waals surface area contributed by atoms with Crippen molar-refractivity contribution in [2.75, 3.05) is 17.8 Å². The number of carbonyl (C=O) groups is 1. The lowest BCUT2D eigenvalue weighted by molar-refractivity contribution is -0.136. The molecule has 0 spiro atoms. The number of aliphatic carboxylic acids is 1. The van der Waals surface area contributed by atoms with Gasteiger partial charge in [0.05, 0.1) is 16.4 Å². The minimum Gasteiger partial charge on any atom is -0.481 e. The van der Waals surface area contributed by atoms with Crippen molar-refractivity contribution in [3.05, 3.63) is 29.8 Å². The van der Waals surface area contributed by atoms with Crippen LogP contribution in [0.15, 0.2) is 29.2 Å². The molecule has 6 nitrogen and oxygen atoms in total. The van der Waals surface area contributed by atoms with E-state index in [-0.39, 0.29) is 29.2 Å². The van der Waals surface area contributed by atoms with Crippen LogP contribution in [0.3, 0.4) is 0 Å². The Morgan fingerprint density at radius 3 is 2.10 bits per heavy atom. The summed E-state index contributed by atoms with van der Waals surface area (Å²) in [5.74, 6) is -1.30. The highest BCUT2D eigenvalue weighted by molar-refractivity contribution is 7.92. The van der Waals surface area contributed by atoms with Crippen molar-refractivity contribution in [3.63, 3.8) is 0 Å². The van der Waals surface area contributed by atoms with E-state index in [1.165, 1.54) is 12.1 Å². The highest BCUT2D eigenvalue weighted by Gasteiger charge is 2.15. The SMILES string of the molecule is CS(=O)(=O)CCCS(=O)(=O)c1ccc(CCC(=O)O)cc1. The Morgan fingerprint density at radius 1 is 1.05 bits per heavy atom. The number of carboxylic acids is 1. The standard InChI is InChI=1S/C13H18O6S2/c1-20(16,17)9-2-10-21(18,19)12-6-3-11(4-7-12)5-8-13(14)15/h3-4,6-7H,2,5,8-10H2,1H3,(H,14,15). The average molecular weight is 334 g/mol. The van der Waals surface area contributed by atoms with Crippen LogP contribution in [0.4, 0.5) is 0 Å². The molecule has 1 aromatic rings. The Bertz CT molecular complexity index is 687. The van der Waals surface area contributed by atoms with Gasteiger partial charge in [-0.2, -0.15) is 0 Å². The van der Waals surface area contributed by atoms with E-state index in [1.807, 2.05) is 0 Å². The highest BCUT2D eigenvalue weighted by Crippen LogP contribution is 2.14. The smallest absolute Gasteiger partial charge is 0.303 e. The van der Waals surface area contributed by atoms with Crippen LogP contribution in [0, 0.1) is 0 Å². The maximum Gasteiger partial charge on any atom is 0.303 e. The van der Waals surface area contributed by atoms with Crippen LogP contribution < -0.4 is 0 Å². The van der Waals surface area contributed by atoms with Crippen LogP contribution in [-0.4, -0.2) is 45.7 Å². The molecular weight excluding hydrogens is 316 g/mol. The molecule has 0 atom stereocenters. The molecule has 21 heavy (non-hydrogen) atoms. The van der Waals surface area contributed by atoms with Gasteiger partial charge in [-0.15, -0.1) is 0 Å². The zero-order valence-corrected chi connectivity index (χ0v) is 13.3. The van der Waals surface area contributed by atoms with Crippen molar-refractivity contribution >= 4 is 25.6 Å². The van der Waals surface area contributed by atoms with E-state index in [4.69, 9.17) is 5.11 Å². The van der Waals surface area contributed by atoms with Gasteiger partial charge in [-0.05, 0) is 30.5 Å². The average Bonchev–Trinajstić information content (AvgIpc) is 2.35. The summed E-state index contributed by atoms with van der Waals surface area (Å²) in [4.78, 5) is 10.6. The molecule has 0 bridgehead atoms. The van der Waals surface area contributed by atoms with Gasteiger partial charge in [0.1, 0.15) is 9.84 Å². The van der Waals surface area contributed by atoms with Gasteiger partial charge in [0, 0.05) is 12.7 Å². The monoisotopic (exact) mass is 334 g/mol. The van der Waals surface area contributed by atoms with E-state index in [0.29, 0.717) is 6.42 Å². The summed E-state index contributed by atoms with van der Waals surface area (Å²) >= 11 is 0. The molecule has 0 aliphatic rings. The first-order chi connectivity index (χ1) is 9.60. The first-order valence-electron chi connectivity index (χ1n) is 6.31. The van der Waals surface area contributed by atoms with Gasteiger partial charge in [-0.3, -0.25) is 4.79 Å². The van der Waals surface area contributed by atoms with E-state index in [0.717, 1.165) is 11.8 Å². The Labute approximate surface area is 124 Å². The van der Waals surface area contributed by atoms with E-state index in [2.05, 4.69) is 0 Å². The van der Waals surface area contributed by atoms with E-state index in [9.17, 15) is 21.6 Å². The Kier molecular flexibility index (Phi) is 5.91. The zero-order valence-electron chi connectivity index (χ0n) is 11.6. The molecule has 0 aliphatic heterocycles. The van der Waals surface area contributed by atoms with Crippen molar-refractivity contribution in [2.45, 2.75) is 24.2 Å². The lowest BCUT2D eigenvalue weighted by Crippen LogP contribution is -2.12. The number of sulfone groups is 2. The molecule has 118 valence electrons. The maximum absolute atomic E-state index is 12.0. The molecule has 0 saturated carbocycles. The fraction of sp³-hybridized carbons (Fsp3) is 0.462. The second kappa shape index (κ2) is 7.04. The van der Waals surface area contributed by atoms with Crippen molar-refractivity contribution in [3.8, 4) is 0 Å². The predicted octanol–water partition coefficient (Wildman–Crippen LogP) is 0.912. The fourth-order valence-corrected chi connectivity index (χ4v) is 3.91. The third-order valence-corrected chi connectivity index (χ3v) is 5.68. The molecule has 8 heteroatoms. The molecule has 0 radical (unpaired) electrons. The molecule has 0 amide bonds. The van der Waals surface area contributed by atoms with Crippen LogP contribution in [0.5, 0.6) is 0 Å². The topological polar surface area (TPSA) is 106 Å². The van der Waals surface area contributed by atoms with Gasteiger partial charge in [-0.1, -0.05) is 12.1 Å². The van der Waals surface area contributed by atoms with Gasteiger partial charge in [0.15, 0.2) is 9.84 Å². The van der Waals surface area contributed by atoms with Gasteiger partial charge in [0.25, 0.3) is 0 Å². The molecule has 0 fully saturated rings. The molecule has 1 aromatic carbocycles. The number of carboxylic acid groups (broad SMARTS) is 1. The van der Waals surface area contributed by atoms with Crippen molar-refractivity contribution in [2.24, 2.45) is 0 Å². The molecule has 0 unspecified atom stereocenters. The molecule has 0 heterocycles. The van der Waals surface area contributed by atoms with Crippen LogP contribution >= 0.6 is 0 Å². The number of hydrogen-bond donors (Lipinski definition) is 1. The molecule has 0 aliphatic carbocycles. The Balaban J connectivity index is 2.69. The first kappa shape index (κ1) is 17.6. The Morgan fingerprint density at radius 2 is 1.62 bits per heavy atom. The minimum atomic E-state index is -3.51. The van der Waals surface area contributed by atoms with E-state index < -0.39 is 25.6 Å². The van der Waals surface area contributed by atoms with Gasteiger partial charge < -0.3 is 5.11 Å². The lowest BCUT2D eigenvalue weighted by Gasteiger charge is -2.05. The van der Waals surface area contributed by atoms with Gasteiger partial charge >= 0.3 is 5.97 Å². The van der Waals surface area contributed by atoms with Crippen LogP contribution in [0.1, 0.15) is 18.4 Å². The normalized spacial score (nSPS) is 12.2. The van der Waals surface area contributed by atoms with Crippen LogP contribution in [0.25, 0.3) is 0 Å². The quantitative estimate of drug-likeness (QED) is 0.757. The lowest BCUT2D eigenvalue weighted by atomic mass is 10.1. The number of rotatable bonds is 8. The van der Waals surface area contributed by atoms with E-state index >= 15 is 0 Å². The maximum atomic E-state index is 12.0. The fourth-order valence-electron chi connectivity index (χ4n) is 1.74. The zero-order chi connectivity index (χ0) is 16.1. The number of benzene rings is 1. The summed E-state index contributed by atoms with van der Waals surface area (Å²) in [7, 11) is -6.68. The molecule has 1 N–H and O–H groups in total. The van der Waals surface area contributed by atoms with Crippen LogP contribution in [-0.2, 0) is 30.9 Å². The van der Waals surface area contributed by atoms with Crippen molar-refractivity contribution in [1.82, 2.24) is 0 Å². The number of hydrogen-bond acceptors (Lipinski definition) is 5.